The van der Waals surface area contributed by atoms with Crippen molar-refractivity contribution in [1.29, 1.82) is 0 Å². The summed E-state index contributed by atoms with van der Waals surface area (Å²) in [6, 6.07) is 4.93. The lowest BCUT2D eigenvalue weighted by atomic mass is 9.97. The molecule has 29 heavy (non-hydrogen) atoms. The molecule has 3 heterocycles. The predicted molar refractivity (Wildman–Crippen MR) is 110 cm³/mol. The van der Waals surface area contributed by atoms with Crippen LogP contribution in [0.5, 0.6) is 0 Å². The number of pyridine rings is 1. The number of ketones is 1. The number of allylic oxidation sites excluding steroid dienone is 2. The summed E-state index contributed by atoms with van der Waals surface area (Å²) in [6.07, 6.45) is 4.32. The molecule has 0 aliphatic carbocycles. The highest BCUT2D eigenvalue weighted by Crippen LogP contribution is 2.36. The van der Waals surface area contributed by atoms with Crippen molar-refractivity contribution in [3.05, 3.63) is 57.6 Å². The van der Waals surface area contributed by atoms with Gasteiger partial charge in [-0.3, -0.25) is 9.59 Å². The number of anilines is 2. The van der Waals surface area contributed by atoms with E-state index in [1.54, 1.807) is 42.6 Å². The fourth-order valence-corrected chi connectivity index (χ4v) is 3.53. The predicted octanol–water partition coefficient (Wildman–Crippen LogP) is 2.44. The van der Waals surface area contributed by atoms with Gasteiger partial charge in [0.05, 0.1) is 16.8 Å². The Balaban J connectivity index is 1.86. The van der Waals surface area contributed by atoms with Crippen molar-refractivity contribution in [2.24, 2.45) is 0 Å². The Morgan fingerprint density at radius 3 is 2.97 bits per heavy atom. The largest absolute Gasteiger partial charge is 0.506 e. The van der Waals surface area contributed by atoms with E-state index in [0.717, 1.165) is 0 Å². The number of carbonyl (C=O) groups excluding carboxylic acids is 3. The number of hydrogen-bond donors (Lipinski definition) is 2. The fraction of sp³-hybridized carbons (Fsp3) is 0.150. The van der Waals surface area contributed by atoms with Crippen LogP contribution in [0.4, 0.5) is 11.5 Å². The average Bonchev–Trinajstić information content (AvgIpc) is 3.16. The molecule has 8 nitrogen and oxygen atoms in total. The molecule has 2 N–H and O–H groups in total. The van der Waals surface area contributed by atoms with Crippen LogP contribution in [0.25, 0.3) is 11.8 Å². The van der Waals surface area contributed by atoms with E-state index in [4.69, 9.17) is 4.74 Å². The number of rotatable bonds is 6. The van der Waals surface area contributed by atoms with Crippen molar-refractivity contribution >= 4 is 52.3 Å². The summed E-state index contributed by atoms with van der Waals surface area (Å²) < 4.78 is 4.75. The van der Waals surface area contributed by atoms with Gasteiger partial charge in [-0.2, -0.15) is 0 Å². The van der Waals surface area contributed by atoms with Crippen LogP contribution in [0, 0.1) is 0 Å². The van der Waals surface area contributed by atoms with Crippen molar-refractivity contribution in [1.82, 2.24) is 4.98 Å². The van der Waals surface area contributed by atoms with Gasteiger partial charge < -0.3 is 20.1 Å². The molecule has 3 rings (SSSR count). The van der Waals surface area contributed by atoms with Crippen molar-refractivity contribution in [3.8, 4) is 0 Å². The van der Waals surface area contributed by atoms with Crippen LogP contribution in [-0.2, 0) is 19.1 Å². The molecule has 0 aromatic carbocycles. The second kappa shape index (κ2) is 8.66. The molecule has 0 radical (unpaired) electrons. The fourth-order valence-electron chi connectivity index (χ4n) is 2.80. The lowest BCUT2D eigenvalue weighted by molar-refractivity contribution is -0.119. The van der Waals surface area contributed by atoms with E-state index in [0.29, 0.717) is 21.9 Å². The summed E-state index contributed by atoms with van der Waals surface area (Å²) >= 11 is 1.32. The first-order valence-electron chi connectivity index (χ1n) is 8.43. The second-order valence-electron chi connectivity index (χ2n) is 6.02. The molecular formula is C20H17N3O5S. The van der Waals surface area contributed by atoms with E-state index in [1.165, 1.54) is 35.6 Å². The van der Waals surface area contributed by atoms with Gasteiger partial charge in [-0.25, -0.2) is 9.78 Å². The molecule has 0 fully saturated rings. The summed E-state index contributed by atoms with van der Waals surface area (Å²) in [4.78, 5) is 42.0. The van der Waals surface area contributed by atoms with Crippen molar-refractivity contribution < 1.29 is 24.2 Å². The molecule has 148 valence electrons. The van der Waals surface area contributed by atoms with E-state index in [1.807, 2.05) is 0 Å². The van der Waals surface area contributed by atoms with Crippen molar-refractivity contribution in [2.75, 3.05) is 31.0 Å². The van der Waals surface area contributed by atoms with E-state index in [-0.39, 0.29) is 29.5 Å². The second-order valence-corrected chi connectivity index (χ2v) is 6.97. The minimum atomic E-state index is -0.555. The number of nitrogens with one attached hydrogen (secondary N) is 1. The van der Waals surface area contributed by atoms with Crippen LogP contribution in [0.15, 0.2) is 47.1 Å². The Kier molecular flexibility index (Phi) is 6.04. The highest BCUT2D eigenvalue weighted by molar-refractivity contribution is 7.11. The Labute approximate surface area is 170 Å². The normalized spacial score (nSPS) is 13.4. The van der Waals surface area contributed by atoms with Crippen LogP contribution in [-0.4, -0.2) is 48.5 Å². The summed E-state index contributed by atoms with van der Waals surface area (Å²) in [5.74, 6) is 0.912. The van der Waals surface area contributed by atoms with Gasteiger partial charge in [-0.05, 0) is 30.4 Å². The van der Waals surface area contributed by atoms with Crippen LogP contribution in [0.1, 0.15) is 10.4 Å². The number of methoxy groups -OCH3 is 1. The van der Waals surface area contributed by atoms with Gasteiger partial charge in [0.25, 0.3) is 0 Å². The number of fused-ring (bicyclic) bond motifs is 1. The topological polar surface area (TPSA) is 109 Å². The molecule has 0 saturated heterocycles. The molecule has 0 unspecified atom stereocenters. The number of aromatic nitrogens is 1. The monoisotopic (exact) mass is 411 g/mol. The Morgan fingerprint density at radius 1 is 1.45 bits per heavy atom. The summed E-state index contributed by atoms with van der Waals surface area (Å²) in [5.41, 5.74) is 0.688. The first kappa shape index (κ1) is 20.2. The third kappa shape index (κ3) is 4.17. The van der Waals surface area contributed by atoms with Gasteiger partial charge in [-0.1, -0.05) is 0 Å². The van der Waals surface area contributed by atoms with E-state index in [2.05, 4.69) is 10.3 Å². The van der Waals surface area contributed by atoms with Gasteiger partial charge in [0, 0.05) is 30.6 Å². The maximum Gasteiger partial charge on any atom is 0.250 e. The van der Waals surface area contributed by atoms with Gasteiger partial charge in [0.2, 0.25) is 5.91 Å². The number of aliphatic hydroxyl groups excluding tert-OH is 1. The van der Waals surface area contributed by atoms with Gasteiger partial charge >= 0.3 is 0 Å². The van der Waals surface area contributed by atoms with E-state index >= 15 is 0 Å². The smallest absolute Gasteiger partial charge is 0.250 e. The molecule has 0 bridgehead atoms. The Bertz CT molecular complexity index is 1080. The van der Waals surface area contributed by atoms with Crippen LogP contribution < -0.4 is 10.2 Å². The maximum atomic E-state index is 12.7. The number of carbonyl (C=O) groups is 2. The third-order valence-corrected chi connectivity index (χ3v) is 4.99. The molecule has 0 spiro atoms. The highest BCUT2D eigenvalue weighted by atomic mass is 32.1. The van der Waals surface area contributed by atoms with E-state index in [9.17, 15) is 19.5 Å². The molecule has 0 saturated carbocycles. The Morgan fingerprint density at radius 2 is 2.24 bits per heavy atom. The number of ether oxygens (including phenoxy) is 1. The zero-order valence-corrected chi connectivity index (χ0v) is 16.4. The minimum Gasteiger partial charge on any atom is -0.506 e. The van der Waals surface area contributed by atoms with Crippen molar-refractivity contribution in [3.63, 3.8) is 0 Å². The summed E-state index contributed by atoms with van der Waals surface area (Å²) in [6.45, 7) is -0.0579. The molecule has 9 heteroatoms. The molecule has 1 aliphatic heterocycles. The van der Waals surface area contributed by atoms with Gasteiger partial charge in [0.15, 0.2) is 11.7 Å². The lowest BCUT2D eigenvalue weighted by Gasteiger charge is -2.27. The molecule has 1 amide bonds. The SMILES string of the molecule is COCC(=O)Nc1csc(/C=C/C(=O)C2=C(O)c3cccnc3N(C)C2=C=O)c1. The van der Waals surface area contributed by atoms with Crippen LogP contribution >= 0.6 is 11.3 Å². The number of thiophene rings is 1. The van der Waals surface area contributed by atoms with E-state index < -0.39 is 5.78 Å². The summed E-state index contributed by atoms with van der Waals surface area (Å²) in [7, 11) is 3.00. The molecule has 2 aromatic heterocycles. The Hall–Kier alpha value is -3.52. The summed E-state index contributed by atoms with van der Waals surface area (Å²) in [5, 5.41) is 15.0. The maximum absolute atomic E-state index is 12.7. The number of likely N-dealkylation sites (N-methyl/N-ethyl adjacent to an activating group) is 1. The zero-order chi connectivity index (χ0) is 21.0. The first-order chi connectivity index (χ1) is 14.0. The quantitative estimate of drug-likeness (QED) is 0.555. The van der Waals surface area contributed by atoms with Crippen LogP contribution in [0.2, 0.25) is 0 Å². The molecular weight excluding hydrogens is 394 g/mol. The first-order valence-corrected chi connectivity index (χ1v) is 9.31. The standard InChI is InChI=1S/C20H17N3O5S/c1-23-15(9-24)18(19(27)14-4-3-7-21-20(14)23)16(25)6-5-13-8-12(11-29-13)22-17(26)10-28-2/h3-8,11,27H,10H2,1-2H3,(H,22,26)/b6-5+. The average molecular weight is 411 g/mol. The number of aliphatic hydroxyl groups is 1. The molecule has 0 atom stereocenters. The molecule has 1 aliphatic rings. The number of hydrogen-bond acceptors (Lipinski definition) is 8. The minimum absolute atomic E-state index is 0.0579. The van der Waals surface area contributed by atoms with Gasteiger partial charge in [-0.15, -0.1) is 11.3 Å². The number of amides is 1. The van der Waals surface area contributed by atoms with Crippen LogP contribution in [0.3, 0.4) is 0 Å². The number of nitrogens with zero attached hydrogens (tertiary/aromatic N) is 2. The lowest BCUT2D eigenvalue weighted by Crippen LogP contribution is -2.28. The van der Waals surface area contributed by atoms with Crippen molar-refractivity contribution in [2.45, 2.75) is 0 Å². The highest BCUT2D eigenvalue weighted by Gasteiger charge is 2.31. The third-order valence-electron chi connectivity index (χ3n) is 4.09. The van der Waals surface area contributed by atoms with Gasteiger partial charge in [0.1, 0.15) is 23.9 Å². The molecule has 2 aromatic rings. The zero-order valence-electron chi connectivity index (χ0n) is 15.6.